The van der Waals surface area contributed by atoms with Crippen LogP contribution in [0.5, 0.6) is 0 Å². The van der Waals surface area contributed by atoms with Crippen molar-refractivity contribution in [2.45, 2.75) is 13.3 Å². The predicted molar refractivity (Wildman–Crippen MR) is 108 cm³/mol. The minimum Gasteiger partial charge on any atom is -0.451 e. The highest BCUT2D eigenvalue weighted by Gasteiger charge is 2.28. The third kappa shape index (κ3) is 3.63. The zero-order chi connectivity index (χ0) is 20.6. The Morgan fingerprint density at radius 3 is 2.69 bits per heavy atom. The van der Waals surface area contributed by atoms with Crippen molar-refractivity contribution in [2.24, 2.45) is 0 Å². The number of anilines is 1. The first-order valence-corrected chi connectivity index (χ1v) is 10.8. The van der Waals surface area contributed by atoms with Gasteiger partial charge in [0.1, 0.15) is 5.58 Å². The first-order valence-electron chi connectivity index (χ1n) is 9.21. The van der Waals surface area contributed by atoms with Crippen molar-refractivity contribution in [1.29, 1.82) is 0 Å². The normalized spacial score (nSPS) is 13.5. The molecule has 0 radical (unpaired) electrons. The van der Waals surface area contributed by atoms with E-state index in [1.54, 1.807) is 43.3 Å². The molecule has 0 unspecified atom stereocenters. The summed E-state index contributed by atoms with van der Waals surface area (Å²) in [6.45, 7) is 1.54. The maximum atomic E-state index is 12.4. The number of furan rings is 1. The van der Waals surface area contributed by atoms with E-state index >= 15 is 0 Å². The fraction of sp³-hybridized carbons (Fsp3) is 0.238. The molecule has 150 valence electrons. The van der Waals surface area contributed by atoms with Crippen molar-refractivity contribution in [2.75, 3.05) is 23.2 Å². The van der Waals surface area contributed by atoms with E-state index in [0.717, 1.165) is 10.9 Å². The number of ether oxygens (including phenoxy) is 1. The molecule has 3 aromatic rings. The summed E-state index contributed by atoms with van der Waals surface area (Å²) in [5, 5.41) is 0.774. The third-order valence-electron chi connectivity index (χ3n) is 4.92. The summed E-state index contributed by atoms with van der Waals surface area (Å²) in [6, 6.07) is 13.6. The molecule has 29 heavy (non-hydrogen) atoms. The van der Waals surface area contributed by atoms with Gasteiger partial charge in [0.25, 0.3) is 0 Å². The van der Waals surface area contributed by atoms with Crippen molar-refractivity contribution in [1.82, 2.24) is 0 Å². The minimum atomic E-state index is -3.34. The van der Waals surface area contributed by atoms with Gasteiger partial charge in [-0.1, -0.05) is 18.2 Å². The Balaban J connectivity index is 1.45. The lowest BCUT2D eigenvalue weighted by Gasteiger charge is -2.18. The number of rotatable bonds is 6. The summed E-state index contributed by atoms with van der Waals surface area (Å²) in [4.78, 5) is 24.6. The fourth-order valence-electron chi connectivity index (χ4n) is 3.36. The van der Waals surface area contributed by atoms with E-state index in [2.05, 4.69) is 0 Å². The Labute approximate surface area is 167 Å². The maximum absolute atomic E-state index is 12.4. The molecular formula is C21H19NO6S. The summed E-state index contributed by atoms with van der Waals surface area (Å²) in [6.07, 6.45) is 0.536. The number of para-hydroxylation sites is 1. The molecule has 0 atom stereocenters. The predicted octanol–water partition coefficient (Wildman–Crippen LogP) is 3.18. The van der Waals surface area contributed by atoms with Crippen molar-refractivity contribution in [3.05, 3.63) is 65.4 Å². The Morgan fingerprint density at radius 2 is 1.93 bits per heavy atom. The van der Waals surface area contributed by atoms with Crippen LogP contribution in [0.2, 0.25) is 0 Å². The first-order chi connectivity index (χ1) is 13.9. The number of Topliss-reactive ketones (excluding diaryl/α,β-unsaturated/α-hetero) is 1. The van der Waals surface area contributed by atoms with E-state index < -0.39 is 22.6 Å². The summed E-state index contributed by atoms with van der Waals surface area (Å²) < 4.78 is 36.2. The smallest absolute Gasteiger partial charge is 0.374 e. The van der Waals surface area contributed by atoms with Gasteiger partial charge in [-0.2, -0.15) is 0 Å². The van der Waals surface area contributed by atoms with Crippen LogP contribution in [0.1, 0.15) is 33.4 Å². The molecule has 7 nitrogen and oxygen atoms in total. The second-order valence-corrected chi connectivity index (χ2v) is 8.90. The molecule has 1 aromatic heterocycles. The van der Waals surface area contributed by atoms with Crippen molar-refractivity contribution < 1.29 is 27.2 Å². The van der Waals surface area contributed by atoms with Gasteiger partial charge in [-0.3, -0.25) is 9.10 Å². The Hall–Kier alpha value is -3.13. The van der Waals surface area contributed by atoms with E-state index in [0.29, 0.717) is 29.8 Å². The van der Waals surface area contributed by atoms with E-state index in [1.165, 1.54) is 4.31 Å². The molecule has 0 N–H and O–H groups in total. The Bertz CT molecular complexity index is 1180. The molecule has 0 saturated carbocycles. The number of carbonyl (C=O) groups excluding carboxylic acids is 2. The van der Waals surface area contributed by atoms with Gasteiger partial charge < -0.3 is 9.15 Å². The zero-order valence-corrected chi connectivity index (χ0v) is 16.6. The van der Waals surface area contributed by atoms with E-state index in [-0.39, 0.29) is 17.3 Å². The lowest BCUT2D eigenvalue weighted by atomic mass is 10.1. The summed E-state index contributed by atoms with van der Waals surface area (Å²) in [5.74, 6) is -1.02. The van der Waals surface area contributed by atoms with Gasteiger partial charge in [0.05, 0.1) is 11.4 Å². The molecule has 2 heterocycles. The van der Waals surface area contributed by atoms with Crippen LogP contribution in [0, 0.1) is 0 Å². The highest BCUT2D eigenvalue weighted by molar-refractivity contribution is 7.92. The van der Waals surface area contributed by atoms with Crippen LogP contribution in [0.25, 0.3) is 11.0 Å². The lowest BCUT2D eigenvalue weighted by molar-refractivity contribution is 0.0446. The van der Waals surface area contributed by atoms with E-state index in [9.17, 15) is 18.0 Å². The molecular weight excluding hydrogens is 394 g/mol. The van der Waals surface area contributed by atoms with Crippen LogP contribution in [0.3, 0.4) is 0 Å². The van der Waals surface area contributed by atoms with Crippen LogP contribution in [-0.4, -0.2) is 39.1 Å². The van der Waals surface area contributed by atoms with Crippen LogP contribution in [0.15, 0.2) is 52.9 Å². The Morgan fingerprint density at radius 1 is 1.14 bits per heavy atom. The van der Waals surface area contributed by atoms with Crippen LogP contribution < -0.4 is 4.31 Å². The van der Waals surface area contributed by atoms with Crippen molar-refractivity contribution in [3.63, 3.8) is 0 Å². The summed E-state index contributed by atoms with van der Waals surface area (Å²) in [5.41, 5.74) is 2.33. The fourth-order valence-corrected chi connectivity index (χ4v) is 4.52. The highest BCUT2D eigenvalue weighted by Crippen LogP contribution is 2.31. The van der Waals surface area contributed by atoms with Crippen LogP contribution >= 0.6 is 0 Å². The zero-order valence-electron chi connectivity index (χ0n) is 15.8. The molecule has 8 heteroatoms. The van der Waals surface area contributed by atoms with Crippen LogP contribution in [-0.2, 0) is 21.2 Å². The number of sulfonamides is 1. The van der Waals surface area contributed by atoms with Crippen molar-refractivity contribution in [3.8, 4) is 0 Å². The molecule has 2 aromatic carbocycles. The minimum absolute atomic E-state index is 0.0187. The van der Waals surface area contributed by atoms with Gasteiger partial charge in [0, 0.05) is 17.5 Å². The molecule has 0 aliphatic carbocycles. The molecule has 0 fully saturated rings. The number of fused-ring (bicyclic) bond motifs is 2. The second-order valence-electron chi connectivity index (χ2n) is 6.71. The third-order valence-corrected chi connectivity index (χ3v) is 6.70. The number of hydrogen-bond acceptors (Lipinski definition) is 6. The topological polar surface area (TPSA) is 93.9 Å². The van der Waals surface area contributed by atoms with Gasteiger partial charge in [0.2, 0.25) is 15.8 Å². The van der Waals surface area contributed by atoms with Gasteiger partial charge >= 0.3 is 5.97 Å². The largest absolute Gasteiger partial charge is 0.451 e. The monoisotopic (exact) mass is 413 g/mol. The highest BCUT2D eigenvalue weighted by atomic mass is 32.2. The van der Waals surface area contributed by atoms with Gasteiger partial charge in [0.15, 0.2) is 12.4 Å². The summed E-state index contributed by atoms with van der Waals surface area (Å²) >= 11 is 0. The number of benzene rings is 2. The number of nitrogens with zero attached hydrogens (tertiary/aromatic N) is 1. The molecule has 1 aliphatic heterocycles. The van der Waals surface area contributed by atoms with Crippen molar-refractivity contribution >= 4 is 38.4 Å². The average molecular weight is 413 g/mol. The SMILES string of the molecule is CCS(=O)(=O)N1CCc2cc(C(=O)COC(=O)c3cc4ccccc4o3)ccc21. The maximum Gasteiger partial charge on any atom is 0.374 e. The first kappa shape index (κ1) is 19.2. The van der Waals surface area contributed by atoms with Gasteiger partial charge in [-0.25, -0.2) is 13.2 Å². The molecule has 1 aliphatic rings. The summed E-state index contributed by atoms with van der Waals surface area (Å²) in [7, 11) is -3.34. The molecule has 0 bridgehead atoms. The molecule has 0 spiro atoms. The Kier molecular flexibility index (Phi) is 4.87. The van der Waals surface area contributed by atoms with Crippen LogP contribution in [0.4, 0.5) is 5.69 Å². The number of carbonyl (C=O) groups is 2. The standard InChI is InChI=1S/C21H19NO6S/c1-2-29(25,26)22-10-9-14-11-15(7-8-17(14)22)18(23)13-27-21(24)20-12-16-5-3-4-6-19(16)28-20/h3-8,11-12H,2,9-10,13H2,1H3. The molecule has 0 saturated heterocycles. The number of ketones is 1. The van der Waals surface area contributed by atoms with Gasteiger partial charge in [-0.15, -0.1) is 0 Å². The van der Waals surface area contributed by atoms with Gasteiger partial charge in [-0.05, 0) is 49.2 Å². The molecule has 4 rings (SSSR count). The average Bonchev–Trinajstić information content (AvgIpc) is 3.35. The number of hydrogen-bond donors (Lipinski definition) is 0. The number of esters is 1. The lowest BCUT2D eigenvalue weighted by Crippen LogP contribution is -2.30. The van der Waals surface area contributed by atoms with E-state index in [1.807, 2.05) is 12.1 Å². The quantitative estimate of drug-likeness (QED) is 0.455. The second kappa shape index (κ2) is 7.36. The van der Waals surface area contributed by atoms with E-state index in [4.69, 9.17) is 9.15 Å². The molecule has 0 amide bonds.